The lowest BCUT2D eigenvalue weighted by molar-refractivity contribution is 0.102. The van der Waals surface area contributed by atoms with Crippen LogP contribution in [0.25, 0.3) is 22.6 Å². The minimum Gasteiger partial charge on any atom is -0.494 e. The number of anilines is 8. The number of aromatic nitrogens is 16. The van der Waals surface area contributed by atoms with Crippen molar-refractivity contribution in [3.8, 4) is 17.2 Å². The number of hydrogen-bond donors (Lipinski definition) is 9. The van der Waals surface area contributed by atoms with E-state index >= 15 is 0 Å². The maximum absolute atomic E-state index is 13.1. The van der Waals surface area contributed by atoms with E-state index in [1.54, 1.807) is 67.2 Å². The SMILES string of the molecule is CCCN1CCc2nc3c(C(=O)Nc4cnccc4C4CC4)c(N)nn3cc2C1.CCOc1ccncc1NC(=O)c1c(N)nn2cc3c(nc12)CCN(C)C3.COc1ccncc1NC(=O)c1c(N)nn2cc3c(nc12)C(C)(C)CNC3.COc1ccncc1NC(=O)c1c(N)nn2cc3c(nc12)CCN(C(C)(C)C)C3. The van der Waals surface area contributed by atoms with Gasteiger partial charge in [-0.25, -0.2) is 38.0 Å². The minimum atomic E-state index is -0.409. The molecular formula is C77H92N28O7. The summed E-state index contributed by atoms with van der Waals surface area (Å²) in [5.74, 6) is 1.16. The molecular weight excluding hydrogens is 1430 g/mol. The molecule has 0 spiro atoms. The zero-order valence-corrected chi connectivity index (χ0v) is 64.3. The van der Waals surface area contributed by atoms with Crippen LogP contribution in [0.4, 0.5) is 46.0 Å². The first-order valence-corrected chi connectivity index (χ1v) is 37.2. The van der Waals surface area contributed by atoms with E-state index in [4.69, 9.17) is 52.1 Å². The van der Waals surface area contributed by atoms with E-state index in [0.717, 1.165) is 147 Å². The standard InChI is InChI=1S/C21H25N7O.C20H25N7O2.2C18H21N7O2/c1-2-8-27-9-6-16-14(11-27)12-28-20(24-16)18(19(22)26-28)21(29)25-17-10-23-7-5-15(17)13-3-4-13;1-20(2,3)26-8-6-13-12(10-26)11-27-18(23-13)16(17(21)25-27)19(28)24-14-9-22-7-5-15(14)29-4;1-18(2)9-21-6-10-8-25-16(23-14(10)18)13(15(19)24-25)17(26)22-11-7-20-5-4-12(11)27-3;1-3-27-14-4-6-20-8-13(14)22-18(26)15-16(19)23-25-10-11-9-24(2)7-5-12(11)21-17(15)25/h5,7,10,12-13H,2-4,6,8-9,11H2,1H3,(H2,22,26)(H,25,29);5,7,9,11H,6,8,10H2,1-4H3,(H2,21,25)(H,24,28);4-5,7-8,21H,6,9H2,1-3H3,(H2,19,24)(H,22,26);4,6,8,10H,3,5,7,9H2,1-2H3,(H2,19,23)(H,22,26). The van der Waals surface area contributed by atoms with Crippen LogP contribution in [-0.4, -0.2) is 183 Å². The number of amides is 4. The number of pyridine rings is 4. The van der Waals surface area contributed by atoms with Crippen LogP contribution < -0.4 is 63.7 Å². The van der Waals surface area contributed by atoms with Gasteiger partial charge in [-0.2, -0.15) is 0 Å². The molecule has 1 saturated carbocycles. The molecule has 0 aromatic carbocycles. The Bertz CT molecular complexity index is 5580. The second-order valence-electron chi connectivity index (χ2n) is 29.7. The molecule has 0 saturated heterocycles. The molecule has 35 nitrogen and oxygen atoms in total. The normalized spacial score (nSPS) is 15.2. The zero-order valence-electron chi connectivity index (χ0n) is 64.3. The summed E-state index contributed by atoms with van der Waals surface area (Å²) in [6, 6.07) is 7.01. The van der Waals surface area contributed by atoms with Gasteiger partial charge in [0.1, 0.15) is 56.6 Å². The van der Waals surface area contributed by atoms with Crippen molar-refractivity contribution in [1.82, 2.24) is 98.3 Å². The summed E-state index contributed by atoms with van der Waals surface area (Å²) in [5, 5.41) is 32.0. The monoisotopic (exact) mass is 1520 g/mol. The fraction of sp³-hybridized carbons (Fsp3) is 0.377. The minimum absolute atomic E-state index is 0.0730. The zero-order chi connectivity index (χ0) is 78.9. The van der Waals surface area contributed by atoms with Gasteiger partial charge in [0.25, 0.3) is 23.6 Å². The van der Waals surface area contributed by atoms with E-state index in [0.29, 0.717) is 81.5 Å². The first-order valence-electron chi connectivity index (χ1n) is 37.2. The molecule has 582 valence electrons. The lowest BCUT2D eigenvalue weighted by Gasteiger charge is -2.38. The number of rotatable bonds is 15. The molecule has 13 N–H and O–H groups in total. The highest BCUT2D eigenvalue weighted by atomic mass is 16.5. The van der Waals surface area contributed by atoms with Crippen LogP contribution in [0.15, 0.2) is 98.6 Å². The van der Waals surface area contributed by atoms with E-state index in [-0.39, 0.29) is 56.8 Å². The van der Waals surface area contributed by atoms with Gasteiger partial charge < -0.3 is 68.6 Å². The molecule has 0 unspecified atom stereocenters. The van der Waals surface area contributed by atoms with E-state index < -0.39 is 17.7 Å². The summed E-state index contributed by atoms with van der Waals surface area (Å²) in [5.41, 5.74) is 38.7. The predicted molar refractivity (Wildman–Crippen MR) is 423 cm³/mol. The Morgan fingerprint density at radius 1 is 0.536 bits per heavy atom. The predicted octanol–water partition coefficient (Wildman–Crippen LogP) is 7.42. The van der Waals surface area contributed by atoms with Gasteiger partial charge in [-0.1, -0.05) is 20.8 Å². The van der Waals surface area contributed by atoms with Gasteiger partial charge in [0, 0.05) is 173 Å². The molecule has 0 atom stereocenters. The average molecular weight is 1520 g/mol. The van der Waals surface area contributed by atoms with Gasteiger partial charge in [-0.15, -0.1) is 20.4 Å². The molecule has 1 aliphatic carbocycles. The molecule has 12 aromatic heterocycles. The number of fused-ring (bicyclic) bond motifs is 8. The van der Waals surface area contributed by atoms with Crippen LogP contribution in [0.3, 0.4) is 0 Å². The van der Waals surface area contributed by atoms with Gasteiger partial charge in [0.05, 0.1) is 74.1 Å². The van der Waals surface area contributed by atoms with E-state index in [9.17, 15) is 19.2 Å². The quantitative estimate of drug-likeness (QED) is 0.0482. The number of nitrogen functional groups attached to an aromatic ring is 4. The summed E-state index contributed by atoms with van der Waals surface area (Å²) in [7, 11) is 5.12. The summed E-state index contributed by atoms with van der Waals surface area (Å²) in [4.78, 5) is 94.1. The third kappa shape index (κ3) is 15.9. The summed E-state index contributed by atoms with van der Waals surface area (Å²) in [6.45, 7) is 23.2. The molecule has 16 heterocycles. The van der Waals surface area contributed by atoms with Gasteiger partial charge in [-0.3, -0.25) is 48.9 Å². The Morgan fingerprint density at radius 3 is 1.41 bits per heavy atom. The summed E-state index contributed by atoms with van der Waals surface area (Å²) >= 11 is 0. The van der Waals surface area contributed by atoms with Crippen molar-refractivity contribution in [2.24, 2.45) is 0 Å². The fourth-order valence-corrected chi connectivity index (χ4v) is 14.4. The molecule has 112 heavy (non-hydrogen) atoms. The summed E-state index contributed by atoms with van der Waals surface area (Å²) in [6.07, 6.45) is 26.4. The fourth-order valence-electron chi connectivity index (χ4n) is 14.4. The molecule has 5 aliphatic rings. The second-order valence-corrected chi connectivity index (χ2v) is 29.7. The van der Waals surface area contributed by atoms with Crippen LogP contribution in [-0.2, 0) is 50.9 Å². The van der Waals surface area contributed by atoms with E-state index in [1.165, 1.54) is 32.8 Å². The Kier molecular flexibility index (Phi) is 21.6. The number of nitrogens with zero attached hydrogens (tertiary/aromatic N) is 19. The highest BCUT2D eigenvalue weighted by molar-refractivity contribution is 6.14. The van der Waals surface area contributed by atoms with Crippen molar-refractivity contribution >= 4 is 92.2 Å². The maximum atomic E-state index is 13.1. The first-order chi connectivity index (χ1) is 53.9. The van der Waals surface area contributed by atoms with Crippen molar-refractivity contribution in [2.45, 2.75) is 130 Å². The van der Waals surface area contributed by atoms with Gasteiger partial charge >= 0.3 is 0 Å². The summed E-state index contributed by atoms with van der Waals surface area (Å²) < 4.78 is 22.4. The average Bonchev–Trinajstić information content (AvgIpc) is 1.60. The third-order valence-corrected chi connectivity index (χ3v) is 20.2. The van der Waals surface area contributed by atoms with E-state index in [2.05, 4.69) is 135 Å². The Hall–Kier alpha value is -12.6. The molecule has 17 rings (SSSR count). The molecule has 0 radical (unpaired) electrons. The van der Waals surface area contributed by atoms with Crippen LogP contribution >= 0.6 is 0 Å². The number of hydrogen-bond acceptors (Lipinski definition) is 27. The highest BCUT2D eigenvalue weighted by Gasteiger charge is 2.35. The van der Waals surface area contributed by atoms with Crippen molar-refractivity contribution in [2.75, 3.05) is 105 Å². The smallest absolute Gasteiger partial charge is 0.263 e. The van der Waals surface area contributed by atoms with Crippen molar-refractivity contribution in [1.29, 1.82) is 0 Å². The maximum Gasteiger partial charge on any atom is 0.263 e. The van der Waals surface area contributed by atoms with Crippen molar-refractivity contribution in [3.63, 3.8) is 0 Å². The van der Waals surface area contributed by atoms with Crippen LogP contribution in [0.1, 0.15) is 166 Å². The largest absolute Gasteiger partial charge is 0.494 e. The molecule has 4 amide bonds. The second kappa shape index (κ2) is 31.8. The molecule has 4 aliphatic heterocycles. The Labute approximate surface area is 644 Å². The van der Waals surface area contributed by atoms with Crippen molar-refractivity contribution < 1.29 is 33.4 Å². The number of likely N-dealkylation sites (N-methyl/N-ethyl adjacent to an activating group) is 1. The van der Waals surface area contributed by atoms with E-state index in [1.807, 2.05) is 37.8 Å². The Balaban J connectivity index is 0.000000124. The highest BCUT2D eigenvalue weighted by Crippen LogP contribution is 2.43. The van der Waals surface area contributed by atoms with Gasteiger partial charge in [0.15, 0.2) is 45.9 Å². The lowest BCUT2D eigenvalue weighted by atomic mass is 9.84. The first kappa shape index (κ1) is 76.2. The molecule has 0 bridgehead atoms. The van der Waals surface area contributed by atoms with Crippen LogP contribution in [0.5, 0.6) is 17.2 Å². The number of nitrogens with two attached hydrogens (primary N) is 4. The molecule has 12 aromatic rings. The molecule has 1 fully saturated rings. The molecule has 35 heteroatoms. The number of nitrogens with one attached hydrogen (secondary N) is 5. The topological polar surface area (TPSA) is 442 Å². The van der Waals surface area contributed by atoms with Crippen molar-refractivity contribution in [3.05, 3.63) is 171 Å². The number of methoxy groups -OCH3 is 2. The third-order valence-electron chi connectivity index (χ3n) is 20.2. The van der Waals surface area contributed by atoms with Crippen LogP contribution in [0.2, 0.25) is 0 Å². The van der Waals surface area contributed by atoms with Crippen LogP contribution in [0, 0.1) is 0 Å². The number of ether oxygens (including phenoxy) is 3. The lowest BCUT2D eigenvalue weighted by Crippen LogP contribution is -2.44. The van der Waals surface area contributed by atoms with Gasteiger partial charge in [-0.05, 0) is 78.1 Å². The number of carbonyl (C=O) groups is 4. The Morgan fingerprint density at radius 2 is 0.946 bits per heavy atom. The van der Waals surface area contributed by atoms with Gasteiger partial charge in [0.2, 0.25) is 0 Å². The number of carbonyl (C=O) groups excluding carboxylic acids is 4.